The Morgan fingerprint density at radius 3 is 3.00 bits per heavy atom. The van der Waals surface area contributed by atoms with Crippen LogP contribution in [0, 0.1) is 0 Å². The van der Waals surface area contributed by atoms with Gasteiger partial charge in [0.2, 0.25) is 5.16 Å². The van der Waals surface area contributed by atoms with Gasteiger partial charge < -0.3 is 0 Å². The summed E-state index contributed by atoms with van der Waals surface area (Å²) in [5.41, 5.74) is 3.52. The van der Waals surface area contributed by atoms with Crippen molar-refractivity contribution < 1.29 is 4.79 Å². The maximum absolute atomic E-state index is 12.7. The third-order valence-corrected chi connectivity index (χ3v) is 6.09. The Morgan fingerprint density at radius 2 is 2.17 bits per heavy atom. The molecule has 1 aromatic carbocycles. The molecule has 6 heteroatoms. The number of thioether (sulfide) groups is 1. The third kappa shape index (κ3) is 3.03. The monoisotopic (exact) mass is 355 g/mol. The molecular formula is C18H17N3OS2. The van der Waals surface area contributed by atoms with Gasteiger partial charge in [-0.3, -0.25) is 9.89 Å². The van der Waals surface area contributed by atoms with E-state index in [1.54, 1.807) is 11.3 Å². The van der Waals surface area contributed by atoms with Gasteiger partial charge in [0.1, 0.15) is 0 Å². The minimum Gasteiger partial charge on any atom is -0.293 e. The van der Waals surface area contributed by atoms with E-state index in [4.69, 9.17) is 0 Å². The number of ketones is 1. The van der Waals surface area contributed by atoms with E-state index in [1.165, 1.54) is 29.3 Å². The van der Waals surface area contributed by atoms with Crippen LogP contribution in [0.1, 0.15) is 34.8 Å². The molecule has 0 radical (unpaired) electrons. The number of nitrogens with one attached hydrogen (secondary N) is 1. The molecule has 0 saturated heterocycles. The van der Waals surface area contributed by atoms with Gasteiger partial charge in [0, 0.05) is 5.56 Å². The summed E-state index contributed by atoms with van der Waals surface area (Å²) in [5, 5.41) is 9.58. The van der Waals surface area contributed by atoms with Crippen molar-refractivity contribution in [1.29, 1.82) is 0 Å². The van der Waals surface area contributed by atoms with E-state index in [0.717, 1.165) is 29.1 Å². The Bertz CT molecular complexity index is 870. The van der Waals surface area contributed by atoms with Crippen LogP contribution in [-0.4, -0.2) is 26.2 Å². The molecule has 4 nitrogen and oxygen atoms in total. The highest BCUT2D eigenvalue weighted by Gasteiger charge is 2.21. The average Bonchev–Trinajstić information content (AvgIpc) is 3.33. The highest BCUT2D eigenvalue weighted by Crippen LogP contribution is 2.28. The lowest BCUT2D eigenvalue weighted by Gasteiger charge is -2.09. The van der Waals surface area contributed by atoms with Crippen LogP contribution in [0.2, 0.25) is 0 Å². The minimum absolute atomic E-state index is 0.136. The number of hydrogen-bond acceptors (Lipinski definition) is 5. The molecule has 1 atom stereocenters. The summed E-state index contributed by atoms with van der Waals surface area (Å²) in [4.78, 5) is 18.2. The fraction of sp³-hybridized carbons (Fsp3) is 0.278. The molecular weight excluding hydrogens is 338 g/mol. The van der Waals surface area contributed by atoms with E-state index in [9.17, 15) is 4.79 Å². The Hall–Kier alpha value is -1.92. The molecule has 2 heterocycles. The molecule has 1 aliphatic carbocycles. The van der Waals surface area contributed by atoms with Gasteiger partial charge in [-0.2, -0.15) is 0 Å². The van der Waals surface area contributed by atoms with Crippen LogP contribution < -0.4 is 0 Å². The smallest absolute Gasteiger partial charge is 0.209 e. The quantitative estimate of drug-likeness (QED) is 0.545. The molecule has 4 rings (SSSR count). The number of carbonyl (C=O) groups is 1. The van der Waals surface area contributed by atoms with Crippen LogP contribution in [0.4, 0.5) is 0 Å². The van der Waals surface area contributed by atoms with Crippen molar-refractivity contribution in [1.82, 2.24) is 15.2 Å². The fourth-order valence-electron chi connectivity index (χ4n) is 2.99. The van der Waals surface area contributed by atoms with Crippen molar-refractivity contribution in [3.05, 3.63) is 52.4 Å². The molecule has 0 unspecified atom stereocenters. The Kier molecular flexibility index (Phi) is 4.24. The van der Waals surface area contributed by atoms with Gasteiger partial charge in [-0.15, -0.1) is 16.4 Å². The molecule has 1 aliphatic rings. The van der Waals surface area contributed by atoms with Gasteiger partial charge in [0.05, 0.1) is 10.1 Å². The molecule has 0 amide bonds. The minimum atomic E-state index is -0.212. The molecule has 0 saturated carbocycles. The summed E-state index contributed by atoms with van der Waals surface area (Å²) >= 11 is 3.01. The fourth-order valence-corrected chi connectivity index (χ4v) is 4.46. The zero-order valence-corrected chi connectivity index (χ0v) is 14.9. The topological polar surface area (TPSA) is 58.6 Å². The summed E-state index contributed by atoms with van der Waals surface area (Å²) in [6.07, 6.45) is 3.42. The molecule has 24 heavy (non-hydrogen) atoms. The van der Waals surface area contributed by atoms with Gasteiger partial charge in [-0.05, 0) is 54.8 Å². The van der Waals surface area contributed by atoms with Crippen LogP contribution in [-0.2, 0) is 12.8 Å². The second kappa shape index (κ2) is 6.53. The van der Waals surface area contributed by atoms with Gasteiger partial charge in [-0.1, -0.05) is 30.0 Å². The van der Waals surface area contributed by atoms with Gasteiger partial charge >= 0.3 is 0 Å². The lowest BCUT2D eigenvalue weighted by atomic mass is 10.0. The van der Waals surface area contributed by atoms with Crippen molar-refractivity contribution in [3.63, 3.8) is 0 Å². The summed E-state index contributed by atoms with van der Waals surface area (Å²) in [6.45, 7) is 1.92. The average molecular weight is 355 g/mol. The van der Waals surface area contributed by atoms with E-state index < -0.39 is 0 Å². The van der Waals surface area contributed by atoms with Gasteiger partial charge in [0.25, 0.3) is 0 Å². The SMILES string of the molecule is C[C@H](Sc1n[nH]c(-c2cccs2)n1)C(=O)c1ccc2c(c1)CCC2. The zero-order valence-electron chi connectivity index (χ0n) is 13.3. The number of H-pyrrole nitrogens is 1. The number of nitrogens with zero attached hydrogens (tertiary/aromatic N) is 2. The van der Waals surface area contributed by atoms with E-state index in [2.05, 4.69) is 27.3 Å². The number of aromatic amines is 1. The van der Waals surface area contributed by atoms with Crippen LogP contribution in [0.3, 0.4) is 0 Å². The molecule has 0 spiro atoms. The van der Waals surface area contributed by atoms with Crippen molar-refractivity contribution >= 4 is 28.9 Å². The van der Waals surface area contributed by atoms with Crippen LogP contribution in [0.25, 0.3) is 10.7 Å². The van der Waals surface area contributed by atoms with E-state index in [-0.39, 0.29) is 11.0 Å². The first kappa shape index (κ1) is 15.6. The number of rotatable bonds is 5. The number of thiophene rings is 1. The van der Waals surface area contributed by atoms with Gasteiger partial charge in [0.15, 0.2) is 11.6 Å². The summed E-state index contributed by atoms with van der Waals surface area (Å²) < 4.78 is 0. The van der Waals surface area contributed by atoms with Crippen molar-refractivity contribution in [2.45, 2.75) is 36.6 Å². The normalized spacial score (nSPS) is 14.5. The first-order valence-electron chi connectivity index (χ1n) is 7.99. The molecule has 0 aliphatic heterocycles. The number of aryl methyl sites for hydroxylation is 2. The Balaban J connectivity index is 1.48. The molecule has 0 bridgehead atoms. The molecule has 122 valence electrons. The highest BCUT2D eigenvalue weighted by atomic mass is 32.2. The Labute approximate surface area is 148 Å². The first-order valence-corrected chi connectivity index (χ1v) is 9.75. The standard InChI is InChI=1S/C18H17N3OS2/c1-11(16(22)14-8-7-12-4-2-5-13(12)10-14)24-18-19-17(20-21-18)15-6-3-9-23-15/h3,6-11H,2,4-5H2,1H3,(H,19,20,21)/t11-/m0/s1. The largest absolute Gasteiger partial charge is 0.293 e. The van der Waals surface area contributed by atoms with Crippen molar-refractivity contribution in [2.24, 2.45) is 0 Å². The Morgan fingerprint density at radius 1 is 1.29 bits per heavy atom. The number of carbonyl (C=O) groups excluding carboxylic acids is 1. The maximum atomic E-state index is 12.7. The van der Waals surface area contributed by atoms with E-state index in [0.29, 0.717) is 5.16 Å². The second-order valence-electron chi connectivity index (χ2n) is 5.91. The second-order valence-corrected chi connectivity index (χ2v) is 8.16. The molecule has 2 aromatic heterocycles. The number of aromatic nitrogens is 3. The predicted octanol–water partition coefficient (Wildman–Crippen LogP) is 4.39. The zero-order chi connectivity index (χ0) is 16.5. The third-order valence-electron chi connectivity index (χ3n) is 4.25. The van der Waals surface area contributed by atoms with Crippen molar-refractivity contribution in [2.75, 3.05) is 0 Å². The summed E-state index contributed by atoms with van der Waals surface area (Å²) in [5.74, 6) is 0.891. The van der Waals surface area contributed by atoms with Crippen LogP contribution >= 0.6 is 23.1 Å². The number of benzene rings is 1. The molecule has 0 fully saturated rings. The van der Waals surface area contributed by atoms with Crippen LogP contribution in [0.5, 0.6) is 0 Å². The van der Waals surface area contributed by atoms with Crippen molar-refractivity contribution in [3.8, 4) is 10.7 Å². The summed E-state index contributed by atoms with van der Waals surface area (Å²) in [7, 11) is 0. The van der Waals surface area contributed by atoms with E-state index in [1.807, 2.05) is 30.5 Å². The van der Waals surface area contributed by atoms with Gasteiger partial charge in [-0.25, -0.2) is 4.98 Å². The number of Topliss-reactive ketones (excluding diaryl/α,β-unsaturated/α-hetero) is 1. The molecule has 1 N–H and O–H groups in total. The lowest BCUT2D eigenvalue weighted by Crippen LogP contribution is -2.14. The van der Waals surface area contributed by atoms with E-state index >= 15 is 0 Å². The summed E-state index contributed by atoms with van der Waals surface area (Å²) in [6, 6.07) is 10.1. The number of hydrogen-bond donors (Lipinski definition) is 1. The number of fused-ring (bicyclic) bond motifs is 1. The predicted molar refractivity (Wildman–Crippen MR) is 97.8 cm³/mol. The molecule has 3 aromatic rings. The maximum Gasteiger partial charge on any atom is 0.209 e. The van der Waals surface area contributed by atoms with Crippen LogP contribution in [0.15, 0.2) is 40.9 Å². The lowest BCUT2D eigenvalue weighted by molar-refractivity contribution is 0.0994. The first-order chi connectivity index (χ1) is 11.7. The highest BCUT2D eigenvalue weighted by molar-refractivity contribution is 8.00.